The van der Waals surface area contributed by atoms with Crippen LogP contribution in [-0.4, -0.2) is 4.98 Å². The van der Waals surface area contributed by atoms with E-state index in [9.17, 15) is 8.78 Å². The highest BCUT2D eigenvalue weighted by molar-refractivity contribution is 9.10. The lowest BCUT2D eigenvalue weighted by molar-refractivity contribution is 0.414. The topological polar surface area (TPSA) is 22.1 Å². The van der Waals surface area contributed by atoms with Crippen LogP contribution in [0.1, 0.15) is 0 Å². The number of rotatable bonds is 2. The number of pyridine rings is 1. The predicted octanol–water partition coefficient (Wildman–Crippen LogP) is 3.91. The number of nitrogens with zero attached hydrogens (tertiary/aromatic N) is 1. The second-order valence-corrected chi connectivity index (χ2v) is 3.81. The van der Waals surface area contributed by atoms with E-state index in [1.807, 2.05) is 0 Å². The summed E-state index contributed by atoms with van der Waals surface area (Å²) in [7, 11) is 0. The van der Waals surface area contributed by atoms with Gasteiger partial charge in [-0.3, -0.25) is 4.98 Å². The quantitative estimate of drug-likeness (QED) is 0.781. The van der Waals surface area contributed by atoms with Gasteiger partial charge in [0, 0.05) is 12.4 Å². The first-order chi connectivity index (χ1) is 7.68. The Morgan fingerprint density at radius 3 is 2.38 bits per heavy atom. The van der Waals surface area contributed by atoms with Gasteiger partial charge in [0.1, 0.15) is 5.75 Å². The molecule has 0 fully saturated rings. The van der Waals surface area contributed by atoms with Crippen LogP contribution < -0.4 is 4.74 Å². The van der Waals surface area contributed by atoms with Gasteiger partial charge >= 0.3 is 0 Å². The molecule has 1 aromatic heterocycles. The molecule has 2 nitrogen and oxygen atoms in total. The van der Waals surface area contributed by atoms with E-state index in [-0.39, 0.29) is 10.2 Å². The van der Waals surface area contributed by atoms with Gasteiger partial charge in [0.15, 0.2) is 11.6 Å². The Balaban J connectivity index is 2.33. The van der Waals surface area contributed by atoms with E-state index in [1.165, 1.54) is 24.5 Å². The number of aromatic nitrogens is 1. The molecule has 0 aliphatic heterocycles. The third-order valence-corrected chi connectivity index (χ3v) is 2.49. The van der Waals surface area contributed by atoms with Crippen LogP contribution in [0.15, 0.2) is 41.1 Å². The summed E-state index contributed by atoms with van der Waals surface area (Å²) in [5.41, 5.74) is 0. The normalized spacial score (nSPS) is 10.2. The van der Waals surface area contributed by atoms with E-state index in [1.54, 1.807) is 12.1 Å². The van der Waals surface area contributed by atoms with Gasteiger partial charge in [0.25, 0.3) is 0 Å². The minimum absolute atomic E-state index is 0.0621. The third kappa shape index (κ3) is 2.19. The molecule has 0 saturated carbocycles. The molecule has 16 heavy (non-hydrogen) atoms. The molecular formula is C11H6BrF2NO. The molecule has 0 aliphatic rings. The summed E-state index contributed by atoms with van der Waals surface area (Å²) in [6.45, 7) is 0. The van der Waals surface area contributed by atoms with Crippen molar-refractivity contribution in [1.82, 2.24) is 4.98 Å². The van der Waals surface area contributed by atoms with E-state index in [2.05, 4.69) is 20.9 Å². The maximum absolute atomic E-state index is 13.4. The van der Waals surface area contributed by atoms with Crippen LogP contribution in [-0.2, 0) is 0 Å². The Kier molecular flexibility index (Phi) is 3.14. The number of benzene rings is 1. The minimum atomic E-state index is -1.02. The molecule has 0 N–H and O–H groups in total. The molecule has 0 radical (unpaired) electrons. The van der Waals surface area contributed by atoms with E-state index in [4.69, 9.17) is 4.74 Å². The second-order valence-electron chi connectivity index (χ2n) is 2.96. The Morgan fingerprint density at radius 1 is 1.00 bits per heavy atom. The molecule has 1 heterocycles. The number of ether oxygens (including phenoxy) is 1. The van der Waals surface area contributed by atoms with Gasteiger partial charge in [-0.2, -0.15) is 4.39 Å². The van der Waals surface area contributed by atoms with E-state index >= 15 is 0 Å². The molecule has 82 valence electrons. The summed E-state index contributed by atoms with van der Waals surface area (Å²) < 4.78 is 31.8. The van der Waals surface area contributed by atoms with Crippen molar-refractivity contribution >= 4 is 15.9 Å². The number of halogens is 3. The molecule has 0 bridgehead atoms. The zero-order chi connectivity index (χ0) is 11.5. The van der Waals surface area contributed by atoms with Crippen molar-refractivity contribution in [1.29, 1.82) is 0 Å². The summed E-state index contributed by atoms with van der Waals surface area (Å²) in [5, 5.41) is 0. The fraction of sp³-hybridized carbons (Fsp3) is 0. The maximum atomic E-state index is 13.4. The molecule has 0 saturated heterocycles. The third-order valence-electron chi connectivity index (χ3n) is 1.88. The van der Waals surface area contributed by atoms with Crippen LogP contribution in [0.5, 0.6) is 11.5 Å². The first-order valence-corrected chi connectivity index (χ1v) is 5.19. The number of hydrogen-bond donors (Lipinski definition) is 0. The highest BCUT2D eigenvalue weighted by atomic mass is 79.9. The lowest BCUT2D eigenvalue weighted by Crippen LogP contribution is -1.92. The summed E-state index contributed by atoms with van der Waals surface area (Å²) in [6.07, 6.45) is 3.00. The number of hydrogen-bond acceptors (Lipinski definition) is 2. The zero-order valence-corrected chi connectivity index (χ0v) is 9.54. The first kappa shape index (κ1) is 11.0. The smallest absolute Gasteiger partial charge is 0.202 e. The standard InChI is InChI=1S/C11H6BrF2NO/c12-8-1-2-9(11(14)10(8)13)16-7-3-5-15-6-4-7/h1-6H. The van der Waals surface area contributed by atoms with Crippen LogP contribution in [0.2, 0.25) is 0 Å². The molecule has 0 spiro atoms. The summed E-state index contributed by atoms with van der Waals surface area (Å²) in [4.78, 5) is 3.79. The van der Waals surface area contributed by atoms with Crippen LogP contribution >= 0.6 is 15.9 Å². The average Bonchev–Trinajstić information content (AvgIpc) is 2.31. The van der Waals surface area contributed by atoms with Gasteiger partial charge in [-0.25, -0.2) is 4.39 Å². The summed E-state index contributed by atoms with van der Waals surface area (Å²) >= 11 is 2.89. The highest BCUT2D eigenvalue weighted by Gasteiger charge is 2.13. The lowest BCUT2D eigenvalue weighted by Gasteiger charge is -2.07. The molecule has 2 rings (SSSR count). The summed E-state index contributed by atoms with van der Waals surface area (Å²) in [6, 6.07) is 5.84. The van der Waals surface area contributed by atoms with Crippen LogP contribution in [0.3, 0.4) is 0 Å². The van der Waals surface area contributed by atoms with Crippen molar-refractivity contribution in [2.24, 2.45) is 0 Å². The van der Waals surface area contributed by atoms with Gasteiger partial charge in [-0.15, -0.1) is 0 Å². The van der Waals surface area contributed by atoms with Crippen molar-refractivity contribution in [3.05, 3.63) is 52.8 Å². The molecular weight excluding hydrogens is 280 g/mol. The Hall–Kier alpha value is -1.49. The maximum Gasteiger partial charge on any atom is 0.202 e. The average molecular weight is 286 g/mol. The first-order valence-electron chi connectivity index (χ1n) is 4.40. The molecule has 2 aromatic rings. The SMILES string of the molecule is Fc1c(Br)ccc(Oc2ccncc2)c1F. The molecule has 1 aromatic carbocycles. The van der Waals surface area contributed by atoms with Crippen molar-refractivity contribution in [2.75, 3.05) is 0 Å². The van der Waals surface area contributed by atoms with E-state index in [0.717, 1.165) is 0 Å². The van der Waals surface area contributed by atoms with E-state index in [0.29, 0.717) is 5.75 Å². The van der Waals surface area contributed by atoms with Gasteiger partial charge in [0.2, 0.25) is 5.82 Å². The lowest BCUT2D eigenvalue weighted by atomic mass is 10.3. The Bertz CT molecular complexity index is 505. The van der Waals surface area contributed by atoms with Gasteiger partial charge in [-0.05, 0) is 40.2 Å². The Labute approximate surface area is 99.0 Å². The monoisotopic (exact) mass is 285 g/mol. The minimum Gasteiger partial charge on any atom is -0.454 e. The van der Waals surface area contributed by atoms with Crippen molar-refractivity contribution in [2.45, 2.75) is 0 Å². The van der Waals surface area contributed by atoms with Crippen LogP contribution in [0, 0.1) is 11.6 Å². The van der Waals surface area contributed by atoms with E-state index < -0.39 is 11.6 Å². The largest absolute Gasteiger partial charge is 0.454 e. The van der Waals surface area contributed by atoms with Crippen molar-refractivity contribution in [3.63, 3.8) is 0 Å². The van der Waals surface area contributed by atoms with Crippen molar-refractivity contribution in [3.8, 4) is 11.5 Å². The van der Waals surface area contributed by atoms with Crippen LogP contribution in [0.25, 0.3) is 0 Å². The van der Waals surface area contributed by atoms with Gasteiger partial charge in [-0.1, -0.05) is 0 Å². The Morgan fingerprint density at radius 2 is 1.69 bits per heavy atom. The molecule has 0 unspecified atom stereocenters. The van der Waals surface area contributed by atoms with Crippen molar-refractivity contribution < 1.29 is 13.5 Å². The molecule has 0 atom stereocenters. The second kappa shape index (κ2) is 4.57. The van der Waals surface area contributed by atoms with Gasteiger partial charge in [0.05, 0.1) is 4.47 Å². The molecule has 5 heteroatoms. The highest BCUT2D eigenvalue weighted by Crippen LogP contribution is 2.29. The van der Waals surface area contributed by atoms with Crippen LogP contribution in [0.4, 0.5) is 8.78 Å². The fourth-order valence-electron chi connectivity index (χ4n) is 1.12. The fourth-order valence-corrected chi connectivity index (χ4v) is 1.43. The molecule has 0 amide bonds. The molecule has 0 aliphatic carbocycles. The predicted molar refractivity (Wildman–Crippen MR) is 58.4 cm³/mol. The summed E-state index contributed by atoms with van der Waals surface area (Å²) in [5.74, 6) is -1.75. The zero-order valence-electron chi connectivity index (χ0n) is 7.95. The van der Waals surface area contributed by atoms with Gasteiger partial charge < -0.3 is 4.74 Å².